The lowest BCUT2D eigenvalue weighted by Gasteiger charge is -2.13. The molecule has 1 unspecified atom stereocenters. The summed E-state index contributed by atoms with van der Waals surface area (Å²) in [5.41, 5.74) is 1.28. The van der Waals surface area contributed by atoms with Gasteiger partial charge in [0.15, 0.2) is 0 Å². The van der Waals surface area contributed by atoms with Crippen molar-refractivity contribution in [1.29, 1.82) is 0 Å². The Morgan fingerprint density at radius 2 is 2.07 bits per heavy atom. The maximum Gasteiger partial charge on any atom is 0.0450 e. The number of hydrogen-bond donors (Lipinski definition) is 1. The van der Waals surface area contributed by atoms with E-state index in [1.54, 1.807) is 11.3 Å². The van der Waals surface area contributed by atoms with E-state index in [0.29, 0.717) is 6.04 Å². The molecule has 0 aliphatic heterocycles. The molecule has 0 radical (unpaired) electrons. The van der Waals surface area contributed by atoms with Crippen LogP contribution in [0.1, 0.15) is 52.4 Å². The van der Waals surface area contributed by atoms with Gasteiger partial charge < -0.3 is 5.32 Å². The zero-order chi connectivity index (χ0) is 10.9. The smallest absolute Gasteiger partial charge is 0.0450 e. The Hall–Kier alpha value is -0.500. The van der Waals surface area contributed by atoms with E-state index in [-0.39, 0.29) is 0 Å². The van der Waals surface area contributed by atoms with E-state index in [2.05, 4.69) is 36.0 Å². The molecule has 0 saturated carbocycles. The van der Waals surface area contributed by atoms with Gasteiger partial charge in [0.05, 0.1) is 0 Å². The fourth-order valence-corrected chi connectivity index (χ4v) is 2.35. The van der Waals surface area contributed by atoms with E-state index >= 15 is 0 Å². The van der Waals surface area contributed by atoms with Gasteiger partial charge in [-0.2, -0.15) is 11.3 Å². The van der Waals surface area contributed by atoms with Gasteiger partial charge in [-0.3, -0.25) is 0 Å². The second-order valence-electron chi connectivity index (χ2n) is 4.26. The normalized spacial score (nSPS) is 12.7. The van der Waals surface area contributed by atoms with Gasteiger partial charge in [0.1, 0.15) is 0 Å². The van der Waals surface area contributed by atoms with Gasteiger partial charge in [-0.05, 0) is 24.8 Å². The predicted octanol–water partition coefficient (Wildman–Crippen LogP) is 4.91. The molecule has 1 heterocycles. The maximum absolute atomic E-state index is 3.52. The molecular weight excluding hydrogens is 202 g/mol. The summed E-state index contributed by atoms with van der Waals surface area (Å²) in [6.45, 7) is 4.54. The lowest BCUT2D eigenvalue weighted by Crippen LogP contribution is -2.14. The molecule has 1 N–H and O–H groups in total. The summed E-state index contributed by atoms with van der Waals surface area (Å²) in [7, 11) is 0. The van der Waals surface area contributed by atoms with Crippen molar-refractivity contribution < 1.29 is 0 Å². The van der Waals surface area contributed by atoms with E-state index in [9.17, 15) is 0 Å². The number of nitrogens with one attached hydrogen (secondary N) is 1. The third kappa shape index (κ3) is 5.83. The first-order chi connectivity index (χ1) is 7.33. The first kappa shape index (κ1) is 12.6. The molecule has 86 valence electrons. The Labute approximate surface area is 97.9 Å². The van der Waals surface area contributed by atoms with E-state index in [1.807, 2.05) is 0 Å². The standard InChI is InChI=1S/C13H23NS/c1-3-4-5-6-7-8-12(2)14-13-9-10-15-11-13/h9-12,14H,3-8H2,1-2H3. The minimum atomic E-state index is 0.612. The number of hydrogen-bond acceptors (Lipinski definition) is 2. The summed E-state index contributed by atoms with van der Waals surface area (Å²) < 4.78 is 0. The molecule has 0 bridgehead atoms. The van der Waals surface area contributed by atoms with E-state index in [1.165, 1.54) is 44.2 Å². The van der Waals surface area contributed by atoms with Crippen molar-refractivity contribution in [1.82, 2.24) is 0 Å². The number of anilines is 1. The molecule has 2 heteroatoms. The maximum atomic E-state index is 3.52. The molecule has 1 aromatic rings. The minimum absolute atomic E-state index is 0.612. The van der Waals surface area contributed by atoms with Gasteiger partial charge in [-0.1, -0.05) is 39.0 Å². The highest BCUT2D eigenvalue weighted by atomic mass is 32.1. The monoisotopic (exact) mass is 225 g/mol. The van der Waals surface area contributed by atoms with E-state index in [0.717, 1.165) is 0 Å². The quantitative estimate of drug-likeness (QED) is 0.620. The second-order valence-corrected chi connectivity index (χ2v) is 5.04. The van der Waals surface area contributed by atoms with Gasteiger partial charge in [0, 0.05) is 17.1 Å². The fourth-order valence-electron chi connectivity index (χ4n) is 1.76. The Morgan fingerprint density at radius 1 is 1.27 bits per heavy atom. The van der Waals surface area contributed by atoms with Gasteiger partial charge in [-0.25, -0.2) is 0 Å². The number of rotatable bonds is 8. The molecule has 0 saturated heterocycles. The molecule has 1 atom stereocenters. The van der Waals surface area contributed by atoms with Crippen LogP contribution in [0.3, 0.4) is 0 Å². The molecular formula is C13H23NS. The molecule has 0 amide bonds. The molecule has 0 fully saturated rings. The summed E-state index contributed by atoms with van der Waals surface area (Å²) in [6, 6.07) is 2.76. The van der Waals surface area contributed by atoms with Crippen molar-refractivity contribution >= 4 is 17.0 Å². The van der Waals surface area contributed by atoms with Crippen LogP contribution in [0.2, 0.25) is 0 Å². The van der Waals surface area contributed by atoms with Crippen LogP contribution < -0.4 is 5.32 Å². The van der Waals surface area contributed by atoms with Crippen LogP contribution in [0, 0.1) is 0 Å². The molecule has 0 aliphatic rings. The van der Waals surface area contributed by atoms with Crippen molar-refractivity contribution in [2.24, 2.45) is 0 Å². The third-order valence-electron chi connectivity index (χ3n) is 2.67. The Balaban J connectivity index is 2.01. The Kier molecular flexibility index (Phi) is 6.49. The topological polar surface area (TPSA) is 12.0 Å². The van der Waals surface area contributed by atoms with Crippen molar-refractivity contribution in [3.8, 4) is 0 Å². The van der Waals surface area contributed by atoms with Crippen LogP contribution in [0.15, 0.2) is 16.8 Å². The molecule has 0 aliphatic carbocycles. The summed E-state index contributed by atoms with van der Waals surface area (Å²) in [5.74, 6) is 0. The van der Waals surface area contributed by atoms with Gasteiger partial charge in [0.25, 0.3) is 0 Å². The van der Waals surface area contributed by atoms with Crippen LogP contribution in [0.4, 0.5) is 5.69 Å². The lowest BCUT2D eigenvalue weighted by atomic mass is 10.1. The summed E-state index contributed by atoms with van der Waals surface area (Å²) in [6.07, 6.45) is 8.18. The van der Waals surface area contributed by atoms with Crippen molar-refractivity contribution in [3.05, 3.63) is 16.8 Å². The number of unbranched alkanes of at least 4 members (excludes halogenated alkanes) is 4. The average Bonchev–Trinajstić information content (AvgIpc) is 2.70. The van der Waals surface area contributed by atoms with Crippen LogP contribution in [-0.2, 0) is 0 Å². The van der Waals surface area contributed by atoms with E-state index < -0.39 is 0 Å². The first-order valence-electron chi connectivity index (χ1n) is 6.11. The lowest BCUT2D eigenvalue weighted by molar-refractivity contribution is 0.578. The van der Waals surface area contributed by atoms with Crippen LogP contribution >= 0.6 is 11.3 Å². The summed E-state index contributed by atoms with van der Waals surface area (Å²) in [4.78, 5) is 0. The van der Waals surface area contributed by atoms with Crippen LogP contribution in [0.25, 0.3) is 0 Å². The van der Waals surface area contributed by atoms with Crippen molar-refractivity contribution in [2.45, 2.75) is 58.4 Å². The fraction of sp³-hybridized carbons (Fsp3) is 0.692. The summed E-state index contributed by atoms with van der Waals surface area (Å²) in [5, 5.41) is 7.82. The minimum Gasteiger partial charge on any atom is -0.382 e. The SMILES string of the molecule is CCCCCCCC(C)Nc1ccsc1. The van der Waals surface area contributed by atoms with Gasteiger partial charge >= 0.3 is 0 Å². The molecule has 1 rings (SSSR count). The second kappa shape index (κ2) is 7.75. The third-order valence-corrected chi connectivity index (χ3v) is 3.36. The van der Waals surface area contributed by atoms with Crippen LogP contribution in [0.5, 0.6) is 0 Å². The molecule has 0 aromatic carbocycles. The highest BCUT2D eigenvalue weighted by Crippen LogP contribution is 2.15. The highest BCUT2D eigenvalue weighted by Gasteiger charge is 2.01. The van der Waals surface area contributed by atoms with Gasteiger partial charge in [0.2, 0.25) is 0 Å². The van der Waals surface area contributed by atoms with E-state index in [4.69, 9.17) is 0 Å². The predicted molar refractivity (Wildman–Crippen MR) is 70.8 cm³/mol. The molecule has 15 heavy (non-hydrogen) atoms. The first-order valence-corrected chi connectivity index (χ1v) is 7.06. The van der Waals surface area contributed by atoms with Crippen molar-refractivity contribution in [3.63, 3.8) is 0 Å². The zero-order valence-corrected chi connectivity index (χ0v) is 10.8. The van der Waals surface area contributed by atoms with Gasteiger partial charge in [-0.15, -0.1) is 0 Å². The largest absolute Gasteiger partial charge is 0.382 e. The Morgan fingerprint density at radius 3 is 2.73 bits per heavy atom. The van der Waals surface area contributed by atoms with Crippen molar-refractivity contribution in [2.75, 3.05) is 5.32 Å². The molecule has 0 spiro atoms. The molecule has 1 aromatic heterocycles. The molecule has 1 nitrogen and oxygen atoms in total. The van der Waals surface area contributed by atoms with Crippen LogP contribution in [-0.4, -0.2) is 6.04 Å². The summed E-state index contributed by atoms with van der Waals surface area (Å²) >= 11 is 1.75. The highest BCUT2D eigenvalue weighted by molar-refractivity contribution is 7.08. The average molecular weight is 225 g/mol. The Bertz CT molecular complexity index is 231. The number of thiophene rings is 1. The zero-order valence-electron chi connectivity index (χ0n) is 9.96.